The fourth-order valence-corrected chi connectivity index (χ4v) is 2.51. The van der Waals surface area contributed by atoms with Crippen LogP contribution >= 0.6 is 15.9 Å². The van der Waals surface area contributed by atoms with Crippen molar-refractivity contribution in [3.8, 4) is 0 Å². The number of hydrogen-bond donors (Lipinski definition) is 3. The molecule has 0 unspecified atom stereocenters. The highest BCUT2D eigenvalue weighted by Gasteiger charge is 2.05. The number of hydrogen-bond acceptors (Lipinski definition) is 6. The van der Waals surface area contributed by atoms with Crippen LogP contribution in [-0.2, 0) is 4.79 Å². The number of para-hydroxylation sites is 1. The van der Waals surface area contributed by atoms with Gasteiger partial charge in [0.1, 0.15) is 0 Å². The largest absolute Gasteiger partial charge is 0.338 e. The Bertz CT molecular complexity index is 902. The Labute approximate surface area is 153 Å². The van der Waals surface area contributed by atoms with Gasteiger partial charge in [0, 0.05) is 22.8 Å². The van der Waals surface area contributed by atoms with Crippen LogP contribution in [0.2, 0.25) is 0 Å². The predicted octanol–water partition coefficient (Wildman–Crippen LogP) is 4.08. The maximum absolute atomic E-state index is 11.2. The van der Waals surface area contributed by atoms with Crippen molar-refractivity contribution in [1.82, 2.24) is 15.2 Å². The maximum atomic E-state index is 11.2. The van der Waals surface area contributed by atoms with Crippen molar-refractivity contribution < 1.29 is 4.79 Å². The average Bonchev–Trinajstić information content (AvgIpc) is 2.57. The molecule has 1 amide bonds. The molecular weight excluding hydrogens is 384 g/mol. The molecule has 126 valence electrons. The molecule has 0 radical (unpaired) electrons. The minimum atomic E-state index is -0.130. The first-order chi connectivity index (χ1) is 12.1. The normalized spacial score (nSPS) is 10.2. The number of halogens is 1. The second-order valence-corrected chi connectivity index (χ2v) is 6.01. The van der Waals surface area contributed by atoms with E-state index in [4.69, 9.17) is 0 Å². The lowest BCUT2D eigenvalue weighted by Gasteiger charge is -2.10. The van der Waals surface area contributed by atoms with Gasteiger partial charge in [-0.2, -0.15) is 10.1 Å². The lowest BCUT2D eigenvalue weighted by atomic mass is 10.3. The van der Waals surface area contributed by atoms with Crippen molar-refractivity contribution in [1.29, 1.82) is 0 Å². The lowest BCUT2D eigenvalue weighted by molar-refractivity contribution is -0.114. The van der Waals surface area contributed by atoms with Crippen LogP contribution in [0, 0.1) is 0 Å². The fourth-order valence-electron chi connectivity index (χ4n) is 2.12. The quantitative estimate of drug-likeness (QED) is 0.599. The Morgan fingerprint density at radius 3 is 2.64 bits per heavy atom. The van der Waals surface area contributed by atoms with E-state index >= 15 is 0 Å². The van der Waals surface area contributed by atoms with Crippen LogP contribution in [0.25, 0.3) is 0 Å². The van der Waals surface area contributed by atoms with E-state index in [9.17, 15) is 4.79 Å². The molecule has 1 heterocycles. The Balaban J connectivity index is 1.76. The number of anilines is 5. The van der Waals surface area contributed by atoms with Gasteiger partial charge >= 0.3 is 0 Å². The van der Waals surface area contributed by atoms with Crippen molar-refractivity contribution >= 4 is 50.7 Å². The van der Waals surface area contributed by atoms with Gasteiger partial charge in [-0.05, 0) is 46.3 Å². The first-order valence-corrected chi connectivity index (χ1v) is 8.25. The molecule has 0 aliphatic rings. The summed E-state index contributed by atoms with van der Waals surface area (Å²) in [5.41, 5.74) is 2.31. The van der Waals surface area contributed by atoms with Crippen LogP contribution in [0.4, 0.5) is 28.8 Å². The molecule has 7 nitrogen and oxygen atoms in total. The molecule has 0 fully saturated rings. The van der Waals surface area contributed by atoms with Crippen molar-refractivity contribution in [3.63, 3.8) is 0 Å². The number of carbonyl (C=O) groups is 1. The maximum Gasteiger partial charge on any atom is 0.249 e. The standard InChI is InChI=1S/C17H15BrN6O/c1-11(25)20-12-5-4-6-13(9-12)21-17-23-16(10-19-24-17)22-15-8-3-2-7-14(15)18/h2-10H,1H3,(H,20,25)(H2,21,22,23,24). The van der Waals surface area contributed by atoms with Gasteiger partial charge in [0.25, 0.3) is 0 Å². The van der Waals surface area contributed by atoms with E-state index in [0.29, 0.717) is 17.5 Å². The third-order valence-electron chi connectivity index (χ3n) is 3.13. The number of rotatable bonds is 5. The van der Waals surface area contributed by atoms with Gasteiger partial charge in [0.05, 0.1) is 11.9 Å². The SMILES string of the molecule is CC(=O)Nc1cccc(Nc2nncc(Nc3ccccc3Br)n2)c1. The van der Waals surface area contributed by atoms with Crippen LogP contribution < -0.4 is 16.0 Å². The molecule has 2 aromatic carbocycles. The van der Waals surface area contributed by atoms with Crippen LogP contribution in [0.3, 0.4) is 0 Å². The van der Waals surface area contributed by atoms with E-state index in [2.05, 4.69) is 47.1 Å². The van der Waals surface area contributed by atoms with Gasteiger partial charge in [-0.3, -0.25) is 4.79 Å². The second kappa shape index (κ2) is 7.71. The van der Waals surface area contributed by atoms with Gasteiger partial charge in [-0.25, -0.2) is 0 Å². The molecule has 0 atom stereocenters. The number of benzene rings is 2. The monoisotopic (exact) mass is 398 g/mol. The summed E-state index contributed by atoms with van der Waals surface area (Å²) in [4.78, 5) is 15.5. The molecule has 3 N–H and O–H groups in total. The minimum absolute atomic E-state index is 0.130. The Morgan fingerprint density at radius 1 is 1.04 bits per heavy atom. The van der Waals surface area contributed by atoms with Gasteiger partial charge in [0.15, 0.2) is 5.82 Å². The Hall–Kier alpha value is -3.00. The van der Waals surface area contributed by atoms with Gasteiger partial charge in [0.2, 0.25) is 11.9 Å². The molecule has 0 saturated carbocycles. The molecular formula is C17H15BrN6O. The molecule has 25 heavy (non-hydrogen) atoms. The summed E-state index contributed by atoms with van der Waals surface area (Å²) in [5.74, 6) is 0.772. The van der Waals surface area contributed by atoms with Crippen molar-refractivity contribution in [2.24, 2.45) is 0 Å². The molecule has 0 saturated heterocycles. The van der Waals surface area contributed by atoms with E-state index in [-0.39, 0.29) is 5.91 Å². The Morgan fingerprint density at radius 2 is 1.84 bits per heavy atom. The number of carbonyl (C=O) groups excluding carboxylic acids is 1. The summed E-state index contributed by atoms with van der Waals surface area (Å²) in [6.07, 6.45) is 1.54. The summed E-state index contributed by atoms with van der Waals surface area (Å²) in [7, 11) is 0. The first-order valence-electron chi connectivity index (χ1n) is 7.46. The van der Waals surface area contributed by atoms with E-state index in [1.54, 1.807) is 18.3 Å². The number of amides is 1. The molecule has 0 bridgehead atoms. The summed E-state index contributed by atoms with van der Waals surface area (Å²) in [5, 5.41) is 16.9. The topological polar surface area (TPSA) is 91.8 Å². The number of nitrogens with one attached hydrogen (secondary N) is 3. The average molecular weight is 399 g/mol. The molecule has 8 heteroatoms. The van der Waals surface area contributed by atoms with Gasteiger partial charge in [-0.15, -0.1) is 5.10 Å². The van der Waals surface area contributed by atoms with Crippen LogP contribution in [0.15, 0.2) is 59.2 Å². The molecule has 3 aromatic rings. The van der Waals surface area contributed by atoms with E-state index in [1.165, 1.54) is 6.92 Å². The third-order valence-corrected chi connectivity index (χ3v) is 3.83. The van der Waals surface area contributed by atoms with E-state index in [1.807, 2.05) is 36.4 Å². The van der Waals surface area contributed by atoms with Crippen LogP contribution in [-0.4, -0.2) is 21.1 Å². The molecule has 3 rings (SSSR count). The summed E-state index contributed by atoms with van der Waals surface area (Å²) >= 11 is 3.48. The summed E-state index contributed by atoms with van der Waals surface area (Å²) in [6.45, 7) is 1.46. The lowest BCUT2D eigenvalue weighted by Crippen LogP contribution is -2.06. The molecule has 0 aliphatic heterocycles. The zero-order chi connectivity index (χ0) is 17.6. The summed E-state index contributed by atoms with van der Waals surface area (Å²) in [6, 6.07) is 15.0. The first kappa shape index (κ1) is 16.8. The van der Waals surface area contributed by atoms with Crippen LogP contribution in [0.1, 0.15) is 6.92 Å². The van der Waals surface area contributed by atoms with Crippen molar-refractivity contribution in [2.45, 2.75) is 6.92 Å². The number of aromatic nitrogens is 3. The smallest absolute Gasteiger partial charge is 0.249 e. The zero-order valence-corrected chi connectivity index (χ0v) is 14.9. The second-order valence-electron chi connectivity index (χ2n) is 5.16. The summed E-state index contributed by atoms with van der Waals surface area (Å²) < 4.78 is 0.922. The van der Waals surface area contributed by atoms with Crippen LogP contribution in [0.5, 0.6) is 0 Å². The highest BCUT2D eigenvalue weighted by molar-refractivity contribution is 9.10. The molecule has 0 spiro atoms. The third kappa shape index (κ3) is 4.74. The number of nitrogens with zero attached hydrogens (tertiary/aromatic N) is 3. The molecule has 1 aromatic heterocycles. The van der Waals surface area contributed by atoms with Gasteiger partial charge < -0.3 is 16.0 Å². The minimum Gasteiger partial charge on any atom is -0.338 e. The fraction of sp³-hybridized carbons (Fsp3) is 0.0588. The van der Waals surface area contributed by atoms with Crippen molar-refractivity contribution in [2.75, 3.05) is 16.0 Å². The molecule has 0 aliphatic carbocycles. The van der Waals surface area contributed by atoms with Gasteiger partial charge in [-0.1, -0.05) is 18.2 Å². The predicted molar refractivity (Wildman–Crippen MR) is 101 cm³/mol. The van der Waals surface area contributed by atoms with Crippen molar-refractivity contribution in [3.05, 3.63) is 59.2 Å². The van der Waals surface area contributed by atoms with E-state index < -0.39 is 0 Å². The Kier molecular flexibility index (Phi) is 5.20. The zero-order valence-electron chi connectivity index (χ0n) is 13.3. The highest BCUT2D eigenvalue weighted by Crippen LogP contribution is 2.25. The highest BCUT2D eigenvalue weighted by atomic mass is 79.9. The van der Waals surface area contributed by atoms with E-state index in [0.717, 1.165) is 15.8 Å².